The summed E-state index contributed by atoms with van der Waals surface area (Å²) in [7, 11) is 0. The molecule has 0 atom stereocenters. The molecule has 9 aromatic carbocycles. The van der Waals surface area contributed by atoms with Crippen molar-refractivity contribution >= 4 is 87.5 Å². The van der Waals surface area contributed by atoms with Gasteiger partial charge in [0.2, 0.25) is 0 Å². The summed E-state index contributed by atoms with van der Waals surface area (Å²) in [4.78, 5) is 0. The van der Waals surface area contributed by atoms with Crippen molar-refractivity contribution in [1.29, 1.82) is 0 Å². The lowest BCUT2D eigenvalue weighted by atomic mass is 10.0. The van der Waals surface area contributed by atoms with Gasteiger partial charge in [0.1, 0.15) is 22.3 Å². The number of para-hydroxylation sites is 4. The van der Waals surface area contributed by atoms with Gasteiger partial charge < -0.3 is 18.0 Å². The third-order valence-corrected chi connectivity index (χ3v) is 12.1. The monoisotopic (exact) mass is 740 g/mol. The molecule has 0 unspecified atom stereocenters. The zero-order valence-corrected chi connectivity index (χ0v) is 31.2. The summed E-state index contributed by atoms with van der Waals surface area (Å²) >= 11 is 0. The van der Waals surface area contributed by atoms with Gasteiger partial charge in [-0.3, -0.25) is 0 Å². The molecule has 0 aliphatic heterocycles. The third kappa shape index (κ3) is 4.51. The second kappa shape index (κ2) is 11.8. The molecule has 0 N–H and O–H groups in total. The van der Waals surface area contributed by atoms with Crippen molar-refractivity contribution in [3.05, 3.63) is 194 Å². The molecule has 0 aliphatic rings. The first-order chi connectivity index (χ1) is 28.7. The summed E-state index contributed by atoms with van der Waals surface area (Å²) in [6, 6.07) is 69.8. The fraction of sp³-hybridized carbons (Fsp3) is 0. The lowest BCUT2D eigenvalue weighted by Crippen LogP contribution is -1.94. The molecule has 13 rings (SSSR count). The number of hydrogen-bond acceptors (Lipinski definition) is 2. The fourth-order valence-corrected chi connectivity index (χ4v) is 9.44. The molecule has 0 fully saturated rings. The van der Waals surface area contributed by atoms with Crippen molar-refractivity contribution in [3.63, 3.8) is 0 Å². The van der Waals surface area contributed by atoms with Crippen molar-refractivity contribution < 1.29 is 8.83 Å². The minimum Gasteiger partial charge on any atom is -0.456 e. The molecule has 0 saturated heterocycles. The van der Waals surface area contributed by atoms with Crippen molar-refractivity contribution in [2.45, 2.75) is 0 Å². The molecular weight excluding hydrogens is 709 g/mol. The van der Waals surface area contributed by atoms with E-state index in [1.807, 2.05) is 24.3 Å². The second-order valence-corrected chi connectivity index (χ2v) is 15.3. The van der Waals surface area contributed by atoms with E-state index in [4.69, 9.17) is 8.83 Å². The Bertz CT molecular complexity index is 3820. The molecule has 0 spiro atoms. The molecule has 0 saturated carbocycles. The van der Waals surface area contributed by atoms with Gasteiger partial charge in [0.15, 0.2) is 0 Å². The van der Waals surface area contributed by atoms with Gasteiger partial charge in [0, 0.05) is 54.5 Å². The predicted molar refractivity (Wildman–Crippen MR) is 241 cm³/mol. The van der Waals surface area contributed by atoms with Crippen LogP contribution in [0.1, 0.15) is 0 Å². The van der Waals surface area contributed by atoms with E-state index in [1.165, 1.54) is 54.7 Å². The highest BCUT2D eigenvalue weighted by Crippen LogP contribution is 2.40. The fourth-order valence-electron chi connectivity index (χ4n) is 9.44. The van der Waals surface area contributed by atoms with Crippen molar-refractivity contribution in [2.75, 3.05) is 0 Å². The third-order valence-electron chi connectivity index (χ3n) is 12.1. The SMILES string of the molecule is c1cc(-c2ccc3c(c2)oc2ccccc23)cc(-n2c3ccccc3c3cc(-c4ccc5c(c4)c4ccccc4n5-c4ccc5oc6ccccc6c5c4)ccc32)c1. The van der Waals surface area contributed by atoms with Crippen LogP contribution in [0.2, 0.25) is 0 Å². The van der Waals surface area contributed by atoms with Gasteiger partial charge in [0.25, 0.3) is 0 Å². The topological polar surface area (TPSA) is 36.1 Å². The molecule has 4 aromatic heterocycles. The Morgan fingerprint density at radius 3 is 1.38 bits per heavy atom. The first-order valence-corrected chi connectivity index (χ1v) is 19.7. The Balaban J connectivity index is 0.936. The highest BCUT2D eigenvalue weighted by atomic mass is 16.3. The van der Waals surface area contributed by atoms with Gasteiger partial charge in [-0.2, -0.15) is 0 Å². The van der Waals surface area contributed by atoms with Gasteiger partial charge >= 0.3 is 0 Å². The average Bonchev–Trinajstić information content (AvgIpc) is 4.03. The molecule has 0 bridgehead atoms. The normalized spacial score (nSPS) is 12.1. The molecule has 4 heterocycles. The van der Waals surface area contributed by atoms with E-state index in [2.05, 4.69) is 179 Å². The minimum atomic E-state index is 0.901. The molecule has 58 heavy (non-hydrogen) atoms. The summed E-state index contributed by atoms with van der Waals surface area (Å²) in [6.07, 6.45) is 0. The number of rotatable bonds is 4. The van der Waals surface area contributed by atoms with Gasteiger partial charge in [-0.15, -0.1) is 0 Å². The van der Waals surface area contributed by atoms with Gasteiger partial charge in [-0.1, -0.05) is 103 Å². The van der Waals surface area contributed by atoms with E-state index in [0.717, 1.165) is 66.4 Å². The van der Waals surface area contributed by atoms with Crippen LogP contribution in [-0.2, 0) is 0 Å². The minimum absolute atomic E-state index is 0.901. The van der Waals surface area contributed by atoms with E-state index in [0.29, 0.717) is 0 Å². The number of hydrogen-bond donors (Lipinski definition) is 0. The standard InChI is InChI=1S/C54H32N2O2/c1-5-16-47-39(12-1)44-29-34(21-25-49(44)55(47)37-11-9-10-33(28-37)36-20-24-43-41-14-3-7-18-51(41)58-54(43)31-36)35-22-26-50-45(30-35)40-13-2-6-17-48(40)56(50)38-23-27-53-46(32-38)42-15-4-8-19-52(42)57-53/h1-32H. The molecular formula is C54H32N2O2. The van der Waals surface area contributed by atoms with Gasteiger partial charge in [-0.25, -0.2) is 0 Å². The molecule has 0 aliphatic carbocycles. The highest BCUT2D eigenvalue weighted by Gasteiger charge is 2.18. The number of aromatic nitrogens is 2. The summed E-state index contributed by atoms with van der Waals surface area (Å²) in [5.74, 6) is 0. The van der Waals surface area contributed by atoms with Crippen LogP contribution in [0.5, 0.6) is 0 Å². The van der Waals surface area contributed by atoms with Crippen molar-refractivity contribution in [3.8, 4) is 33.6 Å². The van der Waals surface area contributed by atoms with E-state index >= 15 is 0 Å². The maximum atomic E-state index is 6.26. The Hall–Kier alpha value is -7.82. The number of fused-ring (bicyclic) bond motifs is 12. The first kappa shape index (κ1) is 31.4. The summed E-state index contributed by atoms with van der Waals surface area (Å²) in [5, 5.41) is 9.45. The van der Waals surface area contributed by atoms with E-state index < -0.39 is 0 Å². The Morgan fingerprint density at radius 2 is 0.707 bits per heavy atom. The molecule has 13 aromatic rings. The molecule has 4 nitrogen and oxygen atoms in total. The van der Waals surface area contributed by atoms with Crippen LogP contribution in [0.25, 0.3) is 121 Å². The lowest BCUT2D eigenvalue weighted by Gasteiger charge is -2.11. The van der Waals surface area contributed by atoms with Gasteiger partial charge in [0.05, 0.1) is 22.1 Å². The Kier molecular flexibility index (Phi) is 6.41. The van der Waals surface area contributed by atoms with Crippen LogP contribution in [-0.4, -0.2) is 9.13 Å². The quantitative estimate of drug-likeness (QED) is 0.180. The van der Waals surface area contributed by atoms with Crippen molar-refractivity contribution in [1.82, 2.24) is 9.13 Å². The summed E-state index contributed by atoms with van der Waals surface area (Å²) < 4.78 is 17.2. The van der Waals surface area contributed by atoms with Crippen LogP contribution < -0.4 is 0 Å². The van der Waals surface area contributed by atoms with Crippen LogP contribution in [0.4, 0.5) is 0 Å². The number of benzene rings is 9. The summed E-state index contributed by atoms with van der Waals surface area (Å²) in [5.41, 5.74) is 15.2. The largest absolute Gasteiger partial charge is 0.456 e. The molecule has 0 amide bonds. The smallest absolute Gasteiger partial charge is 0.136 e. The van der Waals surface area contributed by atoms with E-state index in [1.54, 1.807) is 0 Å². The van der Waals surface area contributed by atoms with E-state index in [9.17, 15) is 0 Å². The number of furan rings is 2. The lowest BCUT2D eigenvalue weighted by molar-refractivity contribution is 0.668. The maximum Gasteiger partial charge on any atom is 0.136 e. The second-order valence-electron chi connectivity index (χ2n) is 15.3. The highest BCUT2D eigenvalue weighted by molar-refractivity contribution is 6.13. The predicted octanol–water partition coefficient (Wildman–Crippen LogP) is 15.0. The first-order valence-electron chi connectivity index (χ1n) is 19.7. The molecule has 270 valence electrons. The zero-order chi connectivity index (χ0) is 37.9. The maximum absolute atomic E-state index is 6.26. The Labute approximate surface area is 332 Å². The van der Waals surface area contributed by atoms with Crippen LogP contribution in [0.15, 0.2) is 203 Å². The average molecular weight is 741 g/mol. The number of nitrogens with zero attached hydrogens (tertiary/aromatic N) is 2. The molecule has 4 heteroatoms. The zero-order valence-electron chi connectivity index (χ0n) is 31.2. The van der Waals surface area contributed by atoms with E-state index in [-0.39, 0.29) is 0 Å². The van der Waals surface area contributed by atoms with Crippen LogP contribution in [0, 0.1) is 0 Å². The summed E-state index contributed by atoms with van der Waals surface area (Å²) in [6.45, 7) is 0. The molecule has 0 radical (unpaired) electrons. The Morgan fingerprint density at radius 1 is 0.241 bits per heavy atom. The van der Waals surface area contributed by atoms with Crippen molar-refractivity contribution in [2.24, 2.45) is 0 Å². The van der Waals surface area contributed by atoms with Gasteiger partial charge in [-0.05, 0) is 113 Å². The van der Waals surface area contributed by atoms with Crippen LogP contribution in [0.3, 0.4) is 0 Å². The van der Waals surface area contributed by atoms with Crippen LogP contribution >= 0.6 is 0 Å².